The van der Waals surface area contributed by atoms with Crippen LogP contribution in [0.2, 0.25) is 0 Å². The summed E-state index contributed by atoms with van der Waals surface area (Å²) in [7, 11) is 0. The predicted octanol–water partition coefficient (Wildman–Crippen LogP) is 2.10. The van der Waals surface area contributed by atoms with Crippen LogP contribution in [0.4, 0.5) is 0 Å². The van der Waals surface area contributed by atoms with E-state index in [-0.39, 0.29) is 30.6 Å². The molecule has 0 unspecified atom stereocenters. The molecule has 1 aromatic carbocycles. The first-order valence-electron chi connectivity index (χ1n) is 9.54. The summed E-state index contributed by atoms with van der Waals surface area (Å²) in [6, 6.07) is 11.4. The van der Waals surface area contributed by atoms with E-state index in [9.17, 15) is 14.4 Å². The number of ether oxygens (including phenoxy) is 1. The van der Waals surface area contributed by atoms with Crippen LogP contribution in [0.25, 0.3) is 5.69 Å². The highest BCUT2D eigenvalue weighted by Crippen LogP contribution is 2.14. The Hall–Kier alpha value is -3.09. The third-order valence-corrected chi connectivity index (χ3v) is 4.78. The number of carbonyl (C=O) groups excluding carboxylic acids is 3. The van der Waals surface area contributed by atoms with Gasteiger partial charge in [0.15, 0.2) is 0 Å². The lowest BCUT2D eigenvalue weighted by Gasteiger charge is -2.34. The zero-order valence-electron chi connectivity index (χ0n) is 16.0. The number of esters is 1. The fourth-order valence-electron chi connectivity index (χ4n) is 3.22. The van der Waals surface area contributed by atoms with Crippen molar-refractivity contribution in [3.8, 4) is 5.69 Å². The molecule has 7 nitrogen and oxygen atoms in total. The van der Waals surface area contributed by atoms with Gasteiger partial charge >= 0.3 is 5.97 Å². The van der Waals surface area contributed by atoms with Crippen molar-refractivity contribution in [1.29, 1.82) is 0 Å². The molecule has 2 heterocycles. The zero-order valence-corrected chi connectivity index (χ0v) is 16.0. The fourth-order valence-corrected chi connectivity index (χ4v) is 3.22. The van der Waals surface area contributed by atoms with Crippen molar-refractivity contribution < 1.29 is 19.1 Å². The van der Waals surface area contributed by atoms with Crippen molar-refractivity contribution in [2.24, 2.45) is 0 Å². The van der Waals surface area contributed by atoms with Crippen LogP contribution in [0, 0.1) is 0 Å². The highest BCUT2D eigenvalue weighted by Gasteiger charge is 2.25. The van der Waals surface area contributed by atoms with Gasteiger partial charge in [-0.3, -0.25) is 14.4 Å². The molecule has 0 radical (unpaired) electrons. The molecule has 3 rings (SSSR count). The van der Waals surface area contributed by atoms with Gasteiger partial charge in [0.2, 0.25) is 5.91 Å². The monoisotopic (exact) mass is 383 g/mol. The van der Waals surface area contributed by atoms with Crippen molar-refractivity contribution in [3.05, 3.63) is 54.4 Å². The van der Waals surface area contributed by atoms with Gasteiger partial charge in [-0.2, -0.15) is 0 Å². The van der Waals surface area contributed by atoms with Crippen LogP contribution in [-0.4, -0.2) is 64.9 Å². The van der Waals surface area contributed by atoms with Crippen LogP contribution in [-0.2, 0) is 14.3 Å². The van der Waals surface area contributed by atoms with Gasteiger partial charge in [-0.1, -0.05) is 0 Å². The smallest absolute Gasteiger partial charge is 0.306 e. The van der Waals surface area contributed by atoms with E-state index in [4.69, 9.17) is 4.74 Å². The van der Waals surface area contributed by atoms with Crippen molar-refractivity contribution in [1.82, 2.24) is 14.4 Å². The van der Waals surface area contributed by atoms with Crippen LogP contribution >= 0.6 is 0 Å². The van der Waals surface area contributed by atoms with Crippen LogP contribution in [0.1, 0.15) is 30.1 Å². The number of hydrogen-bond donors (Lipinski definition) is 0. The number of benzene rings is 1. The highest BCUT2D eigenvalue weighted by atomic mass is 16.5. The first-order valence-corrected chi connectivity index (χ1v) is 9.54. The van der Waals surface area contributed by atoms with Crippen molar-refractivity contribution in [2.75, 3.05) is 32.8 Å². The number of carbonyl (C=O) groups is 3. The molecule has 2 amide bonds. The van der Waals surface area contributed by atoms with Gasteiger partial charge in [0.25, 0.3) is 5.91 Å². The summed E-state index contributed by atoms with van der Waals surface area (Å²) < 4.78 is 6.83. The predicted molar refractivity (Wildman–Crippen MR) is 104 cm³/mol. The van der Waals surface area contributed by atoms with Gasteiger partial charge in [-0.15, -0.1) is 0 Å². The van der Waals surface area contributed by atoms with Crippen molar-refractivity contribution in [3.63, 3.8) is 0 Å². The van der Waals surface area contributed by atoms with Crippen LogP contribution in [0.3, 0.4) is 0 Å². The Bertz CT molecular complexity index is 807. The third-order valence-electron chi connectivity index (χ3n) is 4.78. The topological polar surface area (TPSA) is 71.9 Å². The lowest BCUT2D eigenvalue weighted by molar-refractivity contribution is -0.146. The molecule has 28 heavy (non-hydrogen) atoms. The van der Waals surface area contributed by atoms with E-state index in [0.29, 0.717) is 38.3 Å². The molecule has 0 N–H and O–H groups in total. The highest BCUT2D eigenvalue weighted by molar-refractivity contribution is 5.94. The third kappa shape index (κ3) is 4.79. The summed E-state index contributed by atoms with van der Waals surface area (Å²) in [5.41, 5.74) is 1.64. The van der Waals surface area contributed by atoms with Crippen molar-refractivity contribution >= 4 is 17.8 Å². The maximum atomic E-state index is 12.7. The van der Waals surface area contributed by atoms with Gasteiger partial charge in [-0.05, 0) is 43.3 Å². The molecule has 2 aromatic rings. The van der Waals surface area contributed by atoms with Gasteiger partial charge in [0.1, 0.15) is 0 Å². The molecule has 1 saturated heterocycles. The number of nitrogens with zero attached hydrogens (tertiary/aromatic N) is 3. The quantitative estimate of drug-likeness (QED) is 0.717. The molecule has 1 aliphatic rings. The number of piperazine rings is 1. The average molecular weight is 383 g/mol. The van der Waals surface area contributed by atoms with E-state index < -0.39 is 0 Å². The van der Waals surface area contributed by atoms with Gasteiger partial charge in [0.05, 0.1) is 13.0 Å². The van der Waals surface area contributed by atoms with Crippen LogP contribution in [0.5, 0.6) is 0 Å². The average Bonchev–Trinajstić information content (AvgIpc) is 3.27. The molecule has 1 aliphatic heterocycles. The Labute approximate surface area is 164 Å². The Morgan fingerprint density at radius 3 is 2.11 bits per heavy atom. The second kappa shape index (κ2) is 9.21. The normalized spacial score (nSPS) is 14.0. The van der Waals surface area contributed by atoms with E-state index in [1.807, 2.05) is 53.4 Å². The van der Waals surface area contributed by atoms with E-state index in [0.717, 1.165) is 5.69 Å². The summed E-state index contributed by atoms with van der Waals surface area (Å²) >= 11 is 0. The Morgan fingerprint density at radius 2 is 1.50 bits per heavy atom. The van der Waals surface area contributed by atoms with Gasteiger partial charge in [-0.25, -0.2) is 0 Å². The van der Waals surface area contributed by atoms with Gasteiger partial charge < -0.3 is 19.1 Å². The SMILES string of the molecule is CCOC(=O)CCC(=O)N1CCN(C(=O)c2ccc(-n3cccc3)cc2)CC1. The number of rotatable bonds is 6. The minimum atomic E-state index is -0.354. The summed E-state index contributed by atoms with van der Waals surface area (Å²) in [5.74, 6) is -0.457. The van der Waals surface area contributed by atoms with E-state index in [1.54, 1.807) is 16.7 Å². The Kier molecular flexibility index (Phi) is 6.47. The molecular weight excluding hydrogens is 358 g/mol. The standard InChI is InChI=1S/C21H25N3O4/c1-2-28-20(26)10-9-19(25)23-13-15-24(16-14-23)21(27)17-5-7-18(8-6-17)22-11-3-4-12-22/h3-8,11-12H,2,9-10,13-16H2,1H3. The lowest BCUT2D eigenvalue weighted by Crippen LogP contribution is -2.50. The minimum Gasteiger partial charge on any atom is -0.466 e. The van der Waals surface area contributed by atoms with E-state index >= 15 is 0 Å². The van der Waals surface area contributed by atoms with Crippen molar-refractivity contribution in [2.45, 2.75) is 19.8 Å². The summed E-state index contributed by atoms with van der Waals surface area (Å²) in [6.45, 7) is 4.00. The zero-order chi connectivity index (χ0) is 19.9. The molecule has 148 valence electrons. The number of aromatic nitrogens is 1. The summed E-state index contributed by atoms with van der Waals surface area (Å²) in [4.78, 5) is 39.8. The molecule has 1 aromatic heterocycles. The fraction of sp³-hybridized carbons (Fsp3) is 0.381. The molecule has 0 aliphatic carbocycles. The van der Waals surface area contributed by atoms with Crippen LogP contribution in [0.15, 0.2) is 48.8 Å². The largest absolute Gasteiger partial charge is 0.466 e. The molecule has 0 atom stereocenters. The molecule has 1 fully saturated rings. The number of amides is 2. The summed E-state index contributed by atoms with van der Waals surface area (Å²) in [5, 5.41) is 0. The molecule has 0 spiro atoms. The maximum absolute atomic E-state index is 12.7. The van der Waals surface area contributed by atoms with Crippen LogP contribution < -0.4 is 0 Å². The summed E-state index contributed by atoms with van der Waals surface area (Å²) in [6.07, 6.45) is 4.15. The second-order valence-corrected chi connectivity index (χ2v) is 6.62. The lowest BCUT2D eigenvalue weighted by atomic mass is 10.1. The Morgan fingerprint density at radius 1 is 0.893 bits per heavy atom. The molecule has 0 bridgehead atoms. The molecule has 0 saturated carbocycles. The van der Waals surface area contributed by atoms with Gasteiger partial charge in [0, 0.05) is 56.2 Å². The second-order valence-electron chi connectivity index (χ2n) is 6.62. The Balaban J connectivity index is 1.49. The first-order chi connectivity index (χ1) is 13.6. The maximum Gasteiger partial charge on any atom is 0.306 e. The molecule has 7 heteroatoms. The minimum absolute atomic E-state index is 0.0299. The van der Waals surface area contributed by atoms with E-state index in [2.05, 4.69) is 0 Å². The first kappa shape index (κ1) is 19.7. The van der Waals surface area contributed by atoms with E-state index in [1.165, 1.54) is 0 Å². The number of hydrogen-bond acceptors (Lipinski definition) is 4. The molecular formula is C21H25N3O4.